The summed E-state index contributed by atoms with van der Waals surface area (Å²) in [6.07, 6.45) is 1.29. The molecule has 0 bridgehead atoms. The molecule has 0 unspecified atom stereocenters. The molecule has 0 spiro atoms. The van der Waals surface area contributed by atoms with E-state index in [4.69, 9.17) is 17.3 Å². The van der Waals surface area contributed by atoms with Crippen molar-refractivity contribution in [2.75, 3.05) is 29.0 Å². The van der Waals surface area contributed by atoms with Gasteiger partial charge in [0.2, 0.25) is 5.91 Å². The van der Waals surface area contributed by atoms with E-state index in [1.165, 1.54) is 0 Å². The Morgan fingerprint density at radius 2 is 1.95 bits per heavy atom. The maximum absolute atomic E-state index is 11.7. The third-order valence-electron chi connectivity index (χ3n) is 2.97. The number of hydrogen-bond donors (Lipinski definition) is 2. The molecule has 1 rings (SSSR count). The third-order valence-corrected chi connectivity index (χ3v) is 3.28. The number of halogens is 1. The van der Waals surface area contributed by atoms with E-state index in [1.807, 2.05) is 13.0 Å². The highest BCUT2D eigenvalue weighted by atomic mass is 35.5. The molecule has 0 heterocycles. The topological polar surface area (TPSA) is 58.4 Å². The van der Waals surface area contributed by atoms with Gasteiger partial charge in [-0.25, -0.2) is 0 Å². The van der Waals surface area contributed by atoms with Crippen molar-refractivity contribution in [1.82, 2.24) is 0 Å². The highest BCUT2D eigenvalue weighted by molar-refractivity contribution is 6.34. The molecule has 0 radical (unpaired) electrons. The number of nitrogens with two attached hydrogens (primary N) is 1. The minimum atomic E-state index is -0.0281. The van der Waals surface area contributed by atoms with Crippen molar-refractivity contribution < 1.29 is 4.79 Å². The number of benzene rings is 1. The van der Waals surface area contributed by atoms with Crippen LogP contribution in [0.1, 0.15) is 33.6 Å². The van der Waals surface area contributed by atoms with Gasteiger partial charge in [0.25, 0.3) is 0 Å². The van der Waals surface area contributed by atoms with Crippen molar-refractivity contribution in [3.05, 3.63) is 17.2 Å². The van der Waals surface area contributed by atoms with Gasteiger partial charge in [-0.1, -0.05) is 18.5 Å². The first kappa shape index (κ1) is 15.6. The first-order valence-corrected chi connectivity index (χ1v) is 7.05. The normalized spacial score (nSPS) is 10.3. The van der Waals surface area contributed by atoms with Crippen LogP contribution in [0.25, 0.3) is 0 Å². The van der Waals surface area contributed by atoms with Gasteiger partial charge in [-0.15, -0.1) is 0 Å². The molecule has 1 aromatic rings. The Hall–Kier alpha value is -1.42. The Morgan fingerprint density at radius 3 is 2.47 bits per heavy atom. The predicted molar refractivity (Wildman–Crippen MR) is 83.0 cm³/mol. The van der Waals surface area contributed by atoms with Crippen molar-refractivity contribution in [1.29, 1.82) is 0 Å². The summed E-state index contributed by atoms with van der Waals surface area (Å²) in [5.41, 5.74) is 8.15. The zero-order valence-corrected chi connectivity index (χ0v) is 12.5. The van der Waals surface area contributed by atoms with Gasteiger partial charge in [-0.05, 0) is 32.4 Å². The number of nitrogens with one attached hydrogen (secondary N) is 1. The van der Waals surface area contributed by atoms with Gasteiger partial charge in [-0.3, -0.25) is 4.79 Å². The van der Waals surface area contributed by atoms with Crippen LogP contribution in [0, 0.1) is 0 Å². The fourth-order valence-corrected chi connectivity index (χ4v) is 2.17. The average molecular weight is 284 g/mol. The highest BCUT2D eigenvalue weighted by Gasteiger charge is 2.12. The summed E-state index contributed by atoms with van der Waals surface area (Å²) >= 11 is 6.12. The number of carbonyl (C=O) groups excluding carboxylic acids is 1. The lowest BCUT2D eigenvalue weighted by Crippen LogP contribution is -2.23. The van der Waals surface area contributed by atoms with Crippen LogP contribution in [0.3, 0.4) is 0 Å². The van der Waals surface area contributed by atoms with Crippen molar-refractivity contribution in [3.63, 3.8) is 0 Å². The van der Waals surface area contributed by atoms with E-state index in [9.17, 15) is 4.79 Å². The molecule has 1 amide bonds. The molecule has 0 aliphatic rings. The molecule has 3 N–H and O–H groups in total. The minimum absolute atomic E-state index is 0.0281. The number of anilines is 3. The second kappa shape index (κ2) is 7.24. The molecule has 0 aliphatic heterocycles. The number of nitrogen functional groups attached to an aromatic ring is 1. The molecule has 106 valence electrons. The summed E-state index contributed by atoms with van der Waals surface area (Å²) in [4.78, 5) is 13.8. The number of amides is 1. The molecule has 0 atom stereocenters. The minimum Gasteiger partial charge on any atom is -0.397 e. The molecule has 4 nitrogen and oxygen atoms in total. The molecule has 0 saturated carbocycles. The van der Waals surface area contributed by atoms with Gasteiger partial charge in [0, 0.05) is 19.5 Å². The SMILES string of the molecule is CCCC(=O)Nc1cc(N(CC)CC)c(N)cc1Cl. The summed E-state index contributed by atoms with van der Waals surface area (Å²) in [6, 6.07) is 3.54. The lowest BCUT2D eigenvalue weighted by molar-refractivity contribution is -0.116. The van der Waals surface area contributed by atoms with E-state index in [-0.39, 0.29) is 5.91 Å². The zero-order chi connectivity index (χ0) is 14.4. The Morgan fingerprint density at radius 1 is 1.32 bits per heavy atom. The first-order valence-electron chi connectivity index (χ1n) is 6.67. The van der Waals surface area contributed by atoms with Gasteiger partial charge in [0.15, 0.2) is 0 Å². The van der Waals surface area contributed by atoms with Gasteiger partial charge >= 0.3 is 0 Å². The van der Waals surface area contributed by atoms with Gasteiger partial charge < -0.3 is 16.0 Å². The molecule has 1 aromatic carbocycles. The second-order valence-electron chi connectivity index (χ2n) is 4.36. The highest BCUT2D eigenvalue weighted by Crippen LogP contribution is 2.33. The molecular weight excluding hydrogens is 262 g/mol. The van der Waals surface area contributed by atoms with E-state index in [0.717, 1.165) is 25.2 Å². The van der Waals surface area contributed by atoms with E-state index in [2.05, 4.69) is 24.1 Å². The largest absolute Gasteiger partial charge is 0.397 e. The van der Waals surface area contributed by atoms with Crippen LogP contribution in [-0.4, -0.2) is 19.0 Å². The van der Waals surface area contributed by atoms with Crippen molar-refractivity contribution in [3.8, 4) is 0 Å². The van der Waals surface area contributed by atoms with Crippen LogP contribution in [0.15, 0.2) is 12.1 Å². The lowest BCUT2D eigenvalue weighted by Gasteiger charge is -2.24. The molecular formula is C14H22ClN3O. The number of rotatable bonds is 6. The third kappa shape index (κ3) is 4.03. The fraction of sp³-hybridized carbons (Fsp3) is 0.500. The van der Waals surface area contributed by atoms with E-state index >= 15 is 0 Å². The van der Waals surface area contributed by atoms with Crippen molar-refractivity contribution in [2.45, 2.75) is 33.6 Å². The summed E-state index contributed by atoms with van der Waals surface area (Å²) in [7, 11) is 0. The summed E-state index contributed by atoms with van der Waals surface area (Å²) < 4.78 is 0. The van der Waals surface area contributed by atoms with Crippen LogP contribution >= 0.6 is 11.6 Å². The van der Waals surface area contributed by atoms with Crippen LogP contribution in [-0.2, 0) is 4.79 Å². The molecule has 0 fully saturated rings. The van der Waals surface area contributed by atoms with Crippen LogP contribution in [0.2, 0.25) is 5.02 Å². The van der Waals surface area contributed by atoms with E-state index in [0.29, 0.717) is 22.8 Å². The molecule has 0 aromatic heterocycles. The van der Waals surface area contributed by atoms with Crippen molar-refractivity contribution in [2.24, 2.45) is 0 Å². The maximum atomic E-state index is 11.7. The zero-order valence-electron chi connectivity index (χ0n) is 11.8. The van der Waals surface area contributed by atoms with E-state index in [1.54, 1.807) is 6.07 Å². The van der Waals surface area contributed by atoms with E-state index < -0.39 is 0 Å². The average Bonchev–Trinajstić information content (AvgIpc) is 2.36. The Kier molecular flexibility index (Phi) is 5.96. The van der Waals surface area contributed by atoms with Crippen LogP contribution < -0.4 is 16.0 Å². The first-order chi connectivity index (χ1) is 9.03. The van der Waals surface area contributed by atoms with Gasteiger partial charge in [0.05, 0.1) is 22.1 Å². The predicted octanol–water partition coefficient (Wildman–Crippen LogP) is 3.51. The number of hydrogen-bond acceptors (Lipinski definition) is 3. The lowest BCUT2D eigenvalue weighted by atomic mass is 10.2. The smallest absolute Gasteiger partial charge is 0.224 e. The van der Waals surface area contributed by atoms with Crippen LogP contribution in [0.5, 0.6) is 0 Å². The Labute approximate surface area is 119 Å². The summed E-state index contributed by atoms with van der Waals surface area (Å²) in [6.45, 7) is 7.79. The van der Waals surface area contributed by atoms with Crippen LogP contribution in [0.4, 0.5) is 17.1 Å². The fourth-order valence-electron chi connectivity index (χ4n) is 1.95. The molecule has 19 heavy (non-hydrogen) atoms. The van der Waals surface area contributed by atoms with Gasteiger partial charge in [0.1, 0.15) is 0 Å². The quantitative estimate of drug-likeness (QED) is 0.786. The maximum Gasteiger partial charge on any atom is 0.224 e. The molecule has 0 saturated heterocycles. The number of carbonyl (C=O) groups is 1. The van der Waals surface area contributed by atoms with Crippen molar-refractivity contribution >= 4 is 34.6 Å². The summed E-state index contributed by atoms with van der Waals surface area (Å²) in [5.74, 6) is -0.0281. The standard InChI is InChI=1S/C14H22ClN3O/c1-4-7-14(19)17-12-9-13(18(5-2)6-3)11(16)8-10(12)15/h8-9H,4-7,16H2,1-3H3,(H,17,19). The Balaban J connectivity index is 3.05. The second-order valence-corrected chi connectivity index (χ2v) is 4.77. The number of nitrogens with zero attached hydrogens (tertiary/aromatic N) is 1. The summed E-state index contributed by atoms with van der Waals surface area (Å²) in [5, 5.41) is 3.30. The molecule has 5 heteroatoms. The monoisotopic (exact) mass is 283 g/mol. The molecule has 0 aliphatic carbocycles. The van der Waals surface area contributed by atoms with Gasteiger partial charge in [-0.2, -0.15) is 0 Å². The Bertz CT molecular complexity index is 445.